The molecule has 0 radical (unpaired) electrons. The molecular weight excluding hydrogens is 332 g/mol. The zero-order valence-electron chi connectivity index (χ0n) is 18.5. The summed E-state index contributed by atoms with van der Waals surface area (Å²) in [7, 11) is 0. The van der Waals surface area contributed by atoms with Gasteiger partial charge in [-0.2, -0.15) is 0 Å². The first-order valence-electron chi connectivity index (χ1n) is 11.4. The molecule has 4 rings (SSSR count). The average Bonchev–Trinajstić information content (AvgIpc) is 3.09. The molecule has 1 heterocycles. The quantitative estimate of drug-likeness (QED) is 0.504. The molecule has 0 aromatic carbocycles. The molecule has 4 aliphatic rings. The second kappa shape index (κ2) is 6.46. The number of hydrogen-bond acceptors (Lipinski definition) is 2. The monoisotopic (exact) mass is 372 g/mol. The van der Waals surface area contributed by atoms with Crippen LogP contribution in [0.1, 0.15) is 86.5 Å². The lowest BCUT2D eigenvalue weighted by molar-refractivity contribution is -0.284. The van der Waals surface area contributed by atoms with E-state index in [1.165, 1.54) is 38.5 Å². The Morgan fingerprint density at radius 1 is 1.07 bits per heavy atom. The van der Waals surface area contributed by atoms with Gasteiger partial charge in [0, 0.05) is 17.3 Å². The van der Waals surface area contributed by atoms with Crippen molar-refractivity contribution in [2.75, 3.05) is 13.2 Å². The third kappa shape index (κ3) is 2.58. The summed E-state index contributed by atoms with van der Waals surface area (Å²) in [4.78, 5) is 0. The first kappa shape index (κ1) is 19.7. The minimum atomic E-state index is -0.353. The average molecular weight is 373 g/mol. The van der Waals surface area contributed by atoms with Crippen LogP contribution in [-0.2, 0) is 9.47 Å². The Bertz CT molecular complexity index is 651. The molecule has 0 bridgehead atoms. The Hall–Kier alpha value is -0.600. The van der Waals surface area contributed by atoms with Gasteiger partial charge < -0.3 is 9.47 Å². The third-order valence-electron chi connectivity index (χ3n) is 8.99. The van der Waals surface area contributed by atoms with Crippen LogP contribution in [0.2, 0.25) is 0 Å². The molecule has 1 spiro atoms. The molecule has 0 amide bonds. The standard InChI is InChI=1S/C25H40O2/c1-7-8-9-19-18(2)10-11-21-23(19,5)13-12-20-22(3,4)25(26-16-17-27-25)15-14-24(20,21)6/h9,11,18,20H,7-8,10,12-17H2,1-6H3/b19-9+/t18-,20-,23-,24-/m0/s1. The highest BCUT2D eigenvalue weighted by atomic mass is 16.7. The van der Waals surface area contributed by atoms with Gasteiger partial charge in [0.05, 0.1) is 13.2 Å². The Morgan fingerprint density at radius 2 is 1.78 bits per heavy atom. The number of rotatable bonds is 2. The van der Waals surface area contributed by atoms with Gasteiger partial charge in [0.1, 0.15) is 0 Å². The first-order valence-corrected chi connectivity index (χ1v) is 11.4. The topological polar surface area (TPSA) is 18.5 Å². The minimum Gasteiger partial charge on any atom is -0.347 e. The summed E-state index contributed by atoms with van der Waals surface area (Å²) >= 11 is 0. The van der Waals surface area contributed by atoms with Crippen LogP contribution < -0.4 is 0 Å². The summed E-state index contributed by atoms with van der Waals surface area (Å²) in [5.74, 6) is 0.959. The van der Waals surface area contributed by atoms with Gasteiger partial charge in [0.15, 0.2) is 5.79 Å². The Labute approximate surface area is 166 Å². The lowest BCUT2D eigenvalue weighted by Gasteiger charge is -2.65. The van der Waals surface area contributed by atoms with Crippen molar-refractivity contribution in [3.8, 4) is 0 Å². The van der Waals surface area contributed by atoms with Crippen LogP contribution in [0.5, 0.6) is 0 Å². The molecule has 2 nitrogen and oxygen atoms in total. The number of hydrogen-bond donors (Lipinski definition) is 0. The van der Waals surface area contributed by atoms with E-state index in [1.807, 2.05) is 0 Å². The maximum atomic E-state index is 6.29. The number of ether oxygens (including phenoxy) is 2. The smallest absolute Gasteiger partial charge is 0.173 e. The molecule has 1 saturated heterocycles. The van der Waals surface area contributed by atoms with Crippen molar-refractivity contribution in [3.05, 3.63) is 23.3 Å². The molecule has 4 atom stereocenters. The maximum absolute atomic E-state index is 6.29. The van der Waals surface area contributed by atoms with Crippen molar-refractivity contribution < 1.29 is 9.47 Å². The summed E-state index contributed by atoms with van der Waals surface area (Å²) in [5, 5.41) is 0. The van der Waals surface area contributed by atoms with Gasteiger partial charge in [-0.05, 0) is 49.4 Å². The highest BCUT2D eigenvalue weighted by Crippen LogP contribution is 2.70. The highest BCUT2D eigenvalue weighted by molar-refractivity contribution is 5.41. The van der Waals surface area contributed by atoms with Crippen LogP contribution in [0.4, 0.5) is 0 Å². The SMILES string of the molecule is CCC/C=C1\[C@@H](C)CC=C2[C@@]1(C)CC[C@H]1C(C)(C)C3(CC[C@]21C)OCCO3. The van der Waals surface area contributed by atoms with E-state index in [9.17, 15) is 0 Å². The van der Waals surface area contributed by atoms with Crippen molar-refractivity contribution in [1.29, 1.82) is 0 Å². The van der Waals surface area contributed by atoms with Crippen molar-refractivity contribution in [2.45, 2.75) is 92.3 Å². The van der Waals surface area contributed by atoms with Gasteiger partial charge in [-0.15, -0.1) is 0 Å². The summed E-state index contributed by atoms with van der Waals surface area (Å²) in [5.41, 5.74) is 4.05. The van der Waals surface area contributed by atoms with Gasteiger partial charge in [-0.1, -0.05) is 71.3 Å². The predicted molar refractivity (Wildman–Crippen MR) is 111 cm³/mol. The van der Waals surface area contributed by atoms with E-state index in [0.29, 0.717) is 11.8 Å². The largest absolute Gasteiger partial charge is 0.347 e. The summed E-state index contributed by atoms with van der Waals surface area (Å²) in [6, 6.07) is 0. The highest BCUT2D eigenvalue weighted by Gasteiger charge is 2.66. The summed E-state index contributed by atoms with van der Waals surface area (Å²) in [6.07, 6.45) is 13.7. The molecule has 27 heavy (non-hydrogen) atoms. The normalized spacial score (nSPS) is 44.1. The fraction of sp³-hybridized carbons (Fsp3) is 0.840. The van der Waals surface area contributed by atoms with E-state index in [-0.39, 0.29) is 22.0 Å². The first-order chi connectivity index (χ1) is 12.7. The molecule has 3 aliphatic carbocycles. The molecule has 0 unspecified atom stereocenters. The third-order valence-corrected chi connectivity index (χ3v) is 8.99. The minimum absolute atomic E-state index is 0.0506. The molecule has 2 saturated carbocycles. The Balaban J connectivity index is 1.75. The van der Waals surface area contributed by atoms with Crippen molar-refractivity contribution in [3.63, 3.8) is 0 Å². The molecule has 0 aromatic heterocycles. The van der Waals surface area contributed by atoms with Gasteiger partial charge in [0.25, 0.3) is 0 Å². The number of fused-ring (bicyclic) bond motifs is 3. The van der Waals surface area contributed by atoms with Gasteiger partial charge >= 0.3 is 0 Å². The molecular formula is C25H40O2. The molecule has 2 heteroatoms. The van der Waals surface area contributed by atoms with Crippen LogP contribution >= 0.6 is 0 Å². The lowest BCUT2D eigenvalue weighted by atomic mass is 9.42. The van der Waals surface area contributed by atoms with Crippen LogP contribution in [0.25, 0.3) is 0 Å². The van der Waals surface area contributed by atoms with Crippen molar-refractivity contribution in [2.24, 2.45) is 28.1 Å². The maximum Gasteiger partial charge on any atom is 0.173 e. The van der Waals surface area contributed by atoms with E-state index in [4.69, 9.17) is 9.47 Å². The molecule has 1 aliphatic heterocycles. The fourth-order valence-corrected chi connectivity index (χ4v) is 7.60. The number of unbranched alkanes of at least 4 members (excludes halogenated alkanes) is 1. The lowest BCUT2D eigenvalue weighted by Crippen LogP contribution is -2.62. The van der Waals surface area contributed by atoms with Crippen LogP contribution in [0.15, 0.2) is 23.3 Å². The van der Waals surface area contributed by atoms with Crippen LogP contribution in [0, 0.1) is 28.1 Å². The van der Waals surface area contributed by atoms with Crippen molar-refractivity contribution in [1.82, 2.24) is 0 Å². The summed E-state index contributed by atoms with van der Waals surface area (Å²) < 4.78 is 12.6. The molecule has 0 aromatic rings. The Morgan fingerprint density at radius 3 is 2.44 bits per heavy atom. The fourth-order valence-electron chi connectivity index (χ4n) is 7.60. The van der Waals surface area contributed by atoms with Gasteiger partial charge in [-0.3, -0.25) is 0 Å². The summed E-state index contributed by atoms with van der Waals surface area (Å²) in [6.45, 7) is 16.2. The van der Waals surface area contributed by atoms with Gasteiger partial charge in [-0.25, -0.2) is 0 Å². The van der Waals surface area contributed by atoms with Crippen LogP contribution in [0.3, 0.4) is 0 Å². The van der Waals surface area contributed by atoms with E-state index in [0.717, 1.165) is 19.6 Å². The molecule has 3 fully saturated rings. The van der Waals surface area contributed by atoms with Crippen molar-refractivity contribution >= 4 is 0 Å². The zero-order chi connectivity index (χ0) is 19.5. The van der Waals surface area contributed by atoms with E-state index < -0.39 is 0 Å². The Kier molecular flexibility index (Phi) is 4.71. The van der Waals surface area contributed by atoms with E-state index >= 15 is 0 Å². The van der Waals surface area contributed by atoms with E-state index in [1.54, 1.807) is 11.1 Å². The molecule has 152 valence electrons. The van der Waals surface area contributed by atoms with Crippen LogP contribution in [-0.4, -0.2) is 19.0 Å². The van der Waals surface area contributed by atoms with E-state index in [2.05, 4.69) is 53.7 Å². The molecule has 0 N–H and O–H groups in total. The second-order valence-corrected chi connectivity index (χ2v) is 10.7. The second-order valence-electron chi connectivity index (χ2n) is 10.7. The predicted octanol–water partition coefficient (Wildman–Crippen LogP) is 6.66. The zero-order valence-corrected chi connectivity index (χ0v) is 18.5. The number of allylic oxidation sites excluding steroid dienone is 4. The van der Waals surface area contributed by atoms with Gasteiger partial charge in [0.2, 0.25) is 0 Å².